The first-order valence-corrected chi connectivity index (χ1v) is 3.84. The Morgan fingerprint density at radius 3 is 2.20 bits per heavy atom. The number of aromatic nitrogens is 1. The molecule has 0 aliphatic carbocycles. The summed E-state index contributed by atoms with van der Waals surface area (Å²) in [4.78, 5) is 4.83. The molecule has 0 atom stereocenters. The fourth-order valence-electron chi connectivity index (χ4n) is 0.539. The maximum atomic E-state index is 4.09. The molecule has 0 amide bonds. The molecule has 0 radical (unpaired) electrons. The molecular formula is C8H13NS. The SMILES string of the molecule is CC.Cc1cncc(S)c1. The summed E-state index contributed by atoms with van der Waals surface area (Å²) in [6, 6.07) is 1.97. The van der Waals surface area contributed by atoms with E-state index in [2.05, 4.69) is 17.6 Å². The average molecular weight is 155 g/mol. The molecule has 0 spiro atoms. The number of pyridine rings is 1. The summed E-state index contributed by atoms with van der Waals surface area (Å²) in [5.74, 6) is 0. The molecule has 1 aromatic heterocycles. The van der Waals surface area contributed by atoms with Crippen molar-refractivity contribution >= 4 is 12.6 Å². The monoisotopic (exact) mass is 155 g/mol. The Labute approximate surface area is 67.9 Å². The standard InChI is InChI=1S/C6H7NS.C2H6/c1-5-2-6(8)4-7-3-5;1-2/h2-4,8H,1H3;1-2H3. The number of hydrogen-bond acceptors (Lipinski definition) is 2. The van der Waals surface area contributed by atoms with E-state index >= 15 is 0 Å². The van der Waals surface area contributed by atoms with Gasteiger partial charge in [-0.05, 0) is 18.6 Å². The quantitative estimate of drug-likeness (QED) is 0.568. The van der Waals surface area contributed by atoms with E-state index in [1.165, 1.54) is 0 Å². The van der Waals surface area contributed by atoms with E-state index in [9.17, 15) is 0 Å². The number of thiol groups is 1. The molecule has 0 unspecified atom stereocenters. The van der Waals surface area contributed by atoms with Gasteiger partial charge in [-0.15, -0.1) is 12.6 Å². The van der Waals surface area contributed by atoms with E-state index in [1.807, 2.05) is 26.8 Å². The van der Waals surface area contributed by atoms with Gasteiger partial charge in [0.2, 0.25) is 0 Å². The van der Waals surface area contributed by atoms with Gasteiger partial charge in [-0.1, -0.05) is 13.8 Å². The van der Waals surface area contributed by atoms with Gasteiger partial charge in [0.05, 0.1) is 0 Å². The van der Waals surface area contributed by atoms with Crippen LogP contribution in [0.2, 0.25) is 0 Å². The van der Waals surface area contributed by atoms with Crippen LogP contribution in [0.15, 0.2) is 23.4 Å². The minimum absolute atomic E-state index is 0.921. The summed E-state index contributed by atoms with van der Waals surface area (Å²) in [5, 5.41) is 0. The molecule has 0 N–H and O–H groups in total. The number of hydrogen-bond donors (Lipinski definition) is 1. The first-order valence-electron chi connectivity index (χ1n) is 3.39. The molecule has 1 aromatic rings. The van der Waals surface area contributed by atoms with Crippen LogP contribution in [0.1, 0.15) is 19.4 Å². The second-order valence-corrected chi connectivity index (χ2v) is 2.24. The summed E-state index contributed by atoms with van der Waals surface area (Å²) < 4.78 is 0. The predicted octanol–water partition coefficient (Wildman–Crippen LogP) is 2.70. The van der Waals surface area contributed by atoms with Crippen molar-refractivity contribution < 1.29 is 0 Å². The summed E-state index contributed by atoms with van der Waals surface area (Å²) in [7, 11) is 0. The van der Waals surface area contributed by atoms with Crippen molar-refractivity contribution in [3.63, 3.8) is 0 Å². The lowest BCUT2D eigenvalue weighted by Crippen LogP contribution is -1.73. The lowest BCUT2D eigenvalue weighted by molar-refractivity contribution is 1.19. The topological polar surface area (TPSA) is 12.9 Å². The maximum absolute atomic E-state index is 4.09. The minimum Gasteiger partial charge on any atom is -0.263 e. The van der Waals surface area contributed by atoms with E-state index in [4.69, 9.17) is 0 Å². The van der Waals surface area contributed by atoms with Crippen LogP contribution in [-0.2, 0) is 0 Å². The number of rotatable bonds is 0. The zero-order chi connectivity index (χ0) is 7.98. The van der Waals surface area contributed by atoms with Crippen molar-refractivity contribution in [2.75, 3.05) is 0 Å². The highest BCUT2D eigenvalue weighted by Gasteiger charge is 1.82. The van der Waals surface area contributed by atoms with Crippen LogP contribution >= 0.6 is 12.6 Å². The summed E-state index contributed by atoms with van der Waals surface area (Å²) >= 11 is 4.09. The van der Waals surface area contributed by atoms with E-state index < -0.39 is 0 Å². The molecule has 10 heavy (non-hydrogen) atoms. The molecule has 56 valence electrons. The van der Waals surface area contributed by atoms with Crippen molar-refractivity contribution in [1.82, 2.24) is 4.98 Å². The molecular weight excluding hydrogens is 142 g/mol. The van der Waals surface area contributed by atoms with Crippen molar-refractivity contribution in [3.05, 3.63) is 24.0 Å². The van der Waals surface area contributed by atoms with Crippen molar-refractivity contribution in [1.29, 1.82) is 0 Å². The van der Waals surface area contributed by atoms with Crippen LogP contribution in [0, 0.1) is 6.92 Å². The lowest BCUT2D eigenvalue weighted by Gasteiger charge is -1.89. The van der Waals surface area contributed by atoms with Gasteiger partial charge < -0.3 is 0 Å². The third-order valence-electron chi connectivity index (χ3n) is 0.861. The maximum Gasteiger partial charge on any atom is 0.0401 e. The van der Waals surface area contributed by atoms with Gasteiger partial charge in [0.25, 0.3) is 0 Å². The Hall–Kier alpha value is -0.500. The van der Waals surface area contributed by atoms with Crippen LogP contribution in [0.4, 0.5) is 0 Å². The molecule has 0 saturated heterocycles. The Balaban J connectivity index is 0.000000371. The second kappa shape index (κ2) is 5.30. The van der Waals surface area contributed by atoms with Crippen LogP contribution in [0.3, 0.4) is 0 Å². The van der Waals surface area contributed by atoms with Gasteiger partial charge in [-0.25, -0.2) is 0 Å². The average Bonchev–Trinajstić information content (AvgIpc) is 1.91. The molecule has 0 saturated carbocycles. The second-order valence-electron chi connectivity index (χ2n) is 1.72. The highest BCUT2D eigenvalue weighted by molar-refractivity contribution is 7.80. The molecule has 0 aliphatic heterocycles. The van der Waals surface area contributed by atoms with E-state index in [1.54, 1.807) is 12.4 Å². The van der Waals surface area contributed by atoms with E-state index in [0.717, 1.165) is 10.5 Å². The van der Waals surface area contributed by atoms with Crippen LogP contribution in [0.5, 0.6) is 0 Å². The summed E-state index contributed by atoms with van der Waals surface area (Å²) in [6.45, 7) is 5.99. The third-order valence-corrected chi connectivity index (χ3v) is 1.11. The number of aryl methyl sites for hydroxylation is 1. The molecule has 0 aromatic carbocycles. The minimum atomic E-state index is 0.921. The largest absolute Gasteiger partial charge is 0.263 e. The van der Waals surface area contributed by atoms with Gasteiger partial charge in [0.1, 0.15) is 0 Å². The summed E-state index contributed by atoms with van der Waals surface area (Å²) in [6.07, 6.45) is 3.52. The molecule has 1 heterocycles. The van der Waals surface area contributed by atoms with Crippen LogP contribution in [-0.4, -0.2) is 4.98 Å². The van der Waals surface area contributed by atoms with Crippen LogP contribution in [0.25, 0.3) is 0 Å². The Bertz CT molecular complexity index is 169. The van der Waals surface area contributed by atoms with E-state index in [0.29, 0.717) is 0 Å². The summed E-state index contributed by atoms with van der Waals surface area (Å²) in [5.41, 5.74) is 1.15. The Kier molecular flexibility index (Phi) is 5.03. The van der Waals surface area contributed by atoms with Gasteiger partial charge >= 0.3 is 0 Å². The van der Waals surface area contributed by atoms with E-state index in [-0.39, 0.29) is 0 Å². The zero-order valence-electron chi connectivity index (χ0n) is 6.63. The third kappa shape index (κ3) is 3.51. The highest BCUT2D eigenvalue weighted by atomic mass is 32.1. The van der Waals surface area contributed by atoms with Crippen LogP contribution < -0.4 is 0 Å². The Morgan fingerprint density at radius 2 is 1.90 bits per heavy atom. The lowest BCUT2D eigenvalue weighted by atomic mass is 10.3. The van der Waals surface area contributed by atoms with Gasteiger partial charge in [-0.2, -0.15) is 0 Å². The van der Waals surface area contributed by atoms with Crippen molar-refractivity contribution in [3.8, 4) is 0 Å². The number of nitrogens with zero attached hydrogens (tertiary/aromatic N) is 1. The van der Waals surface area contributed by atoms with Gasteiger partial charge in [0.15, 0.2) is 0 Å². The van der Waals surface area contributed by atoms with Gasteiger partial charge in [0, 0.05) is 17.3 Å². The molecule has 1 rings (SSSR count). The van der Waals surface area contributed by atoms with Crippen molar-refractivity contribution in [2.24, 2.45) is 0 Å². The highest BCUT2D eigenvalue weighted by Crippen LogP contribution is 2.03. The fraction of sp³-hybridized carbons (Fsp3) is 0.375. The zero-order valence-corrected chi connectivity index (χ0v) is 7.52. The first kappa shape index (κ1) is 9.50. The molecule has 0 aliphatic rings. The molecule has 0 fully saturated rings. The smallest absolute Gasteiger partial charge is 0.0401 e. The molecule has 0 bridgehead atoms. The first-order chi connectivity index (χ1) is 4.79. The predicted molar refractivity (Wildman–Crippen MR) is 47.6 cm³/mol. The fourth-order valence-corrected chi connectivity index (χ4v) is 0.809. The van der Waals surface area contributed by atoms with Crippen molar-refractivity contribution in [2.45, 2.75) is 25.7 Å². The Morgan fingerprint density at radius 1 is 1.30 bits per heavy atom. The van der Waals surface area contributed by atoms with Gasteiger partial charge in [-0.3, -0.25) is 4.98 Å². The molecule has 2 heteroatoms. The normalized spacial score (nSPS) is 8.00. The molecule has 1 nitrogen and oxygen atoms in total.